The van der Waals surface area contributed by atoms with E-state index in [9.17, 15) is 24.0 Å². The number of hydrogen-bond acceptors (Lipinski definition) is 7. The number of benzene rings is 1. The van der Waals surface area contributed by atoms with E-state index in [2.05, 4.69) is 16.0 Å². The number of esters is 1. The molecule has 3 rings (SSSR count). The Bertz CT molecular complexity index is 1020. The maximum Gasteiger partial charge on any atom is 0.310 e. The highest BCUT2D eigenvalue weighted by Gasteiger charge is 2.41. The fourth-order valence-electron chi connectivity index (χ4n) is 4.09. The van der Waals surface area contributed by atoms with E-state index in [1.807, 2.05) is 0 Å². The largest absolute Gasteiger partial charge is 0.433 e. The average molecular weight is 509 g/mol. The van der Waals surface area contributed by atoms with Gasteiger partial charge in [-0.05, 0) is 44.9 Å². The smallest absolute Gasteiger partial charge is 0.310 e. The van der Waals surface area contributed by atoms with Gasteiger partial charge in [-0.25, -0.2) is 0 Å². The normalized spacial score (nSPS) is 22.3. The molecule has 12 heteroatoms. The summed E-state index contributed by atoms with van der Waals surface area (Å²) in [5.41, 5.74) is 0.582. The molecule has 0 radical (unpaired) electrons. The Morgan fingerprint density at radius 2 is 2.03 bits per heavy atom. The Morgan fingerprint density at radius 1 is 1.29 bits per heavy atom. The molecule has 2 fully saturated rings. The second-order valence-electron chi connectivity index (χ2n) is 8.39. The number of carbonyl (C=O) groups excluding carboxylic acids is 5. The van der Waals surface area contributed by atoms with Crippen molar-refractivity contribution in [2.24, 2.45) is 0 Å². The zero-order chi connectivity index (χ0) is 25.7. The molecule has 3 N–H and O–H groups in total. The fraction of sp³-hybridized carbons (Fsp3) is 0.522. The standard InChI is InChI=1S/C23H29ClN4O7/c1-4-34-23-17(11-19(30)35-23)27-21(32)18-6-5-9-28(18)22(33)12(2)25-20(31)14-7-8-16(15(24)10-14)26-13(3)29/h7-8,10,12,17-18,23H,4-6,9,11H2,1-3H3,(H,25,31)(H,26,29)(H,27,32). The lowest BCUT2D eigenvalue weighted by molar-refractivity contribution is -0.164. The molecular weight excluding hydrogens is 480 g/mol. The second-order valence-corrected chi connectivity index (χ2v) is 8.80. The molecule has 0 aliphatic carbocycles. The first-order valence-electron chi connectivity index (χ1n) is 11.4. The summed E-state index contributed by atoms with van der Waals surface area (Å²) in [6, 6.07) is 2.11. The minimum absolute atomic E-state index is 0.00712. The van der Waals surface area contributed by atoms with Crippen LogP contribution in [0.1, 0.15) is 50.4 Å². The van der Waals surface area contributed by atoms with Crippen LogP contribution in [0.3, 0.4) is 0 Å². The summed E-state index contributed by atoms with van der Waals surface area (Å²) in [6.07, 6.45) is 0.218. The van der Waals surface area contributed by atoms with Crippen LogP contribution in [-0.4, -0.2) is 72.1 Å². The number of nitrogens with zero attached hydrogens (tertiary/aromatic N) is 1. The van der Waals surface area contributed by atoms with Crippen molar-refractivity contribution in [2.75, 3.05) is 18.5 Å². The van der Waals surface area contributed by atoms with Crippen molar-refractivity contribution in [2.45, 2.75) is 64.4 Å². The Morgan fingerprint density at radius 3 is 2.69 bits per heavy atom. The minimum atomic E-state index is -0.905. The third-order valence-electron chi connectivity index (χ3n) is 5.72. The van der Waals surface area contributed by atoms with Crippen LogP contribution in [0.15, 0.2) is 18.2 Å². The molecule has 35 heavy (non-hydrogen) atoms. The molecule has 0 bridgehead atoms. The lowest BCUT2D eigenvalue weighted by atomic mass is 10.1. The lowest BCUT2D eigenvalue weighted by Crippen LogP contribution is -2.54. The van der Waals surface area contributed by atoms with Gasteiger partial charge in [0, 0.05) is 25.6 Å². The van der Waals surface area contributed by atoms with E-state index in [0.29, 0.717) is 31.7 Å². The second kappa shape index (κ2) is 11.5. The molecule has 2 heterocycles. The highest BCUT2D eigenvalue weighted by molar-refractivity contribution is 6.34. The van der Waals surface area contributed by atoms with E-state index in [-0.39, 0.29) is 22.9 Å². The third kappa shape index (κ3) is 6.49. The molecule has 0 saturated carbocycles. The molecule has 4 unspecified atom stereocenters. The van der Waals surface area contributed by atoms with E-state index in [4.69, 9.17) is 21.1 Å². The van der Waals surface area contributed by atoms with Gasteiger partial charge in [0.05, 0.1) is 17.1 Å². The molecular formula is C23H29ClN4O7. The Labute approximate surface area is 207 Å². The molecule has 190 valence electrons. The van der Waals surface area contributed by atoms with Crippen LogP contribution in [0, 0.1) is 0 Å². The molecule has 2 aliphatic rings. The van der Waals surface area contributed by atoms with Gasteiger partial charge < -0.3 is 30.3 Å². The lowest BCUT2D eigenvalue weighted by Gasteiger charge is -2.28. The minimum Gasteiger partial charge on any atom is -0.433 e. The summed E-state index contributed by atoms with van der Waals surface area (Å²) in [4.78, 5) is 62.9. The van der Waals surface area contributed by atoms with Crippen molar-refractivity contribution < 1.29 is 33.4 Å². The van der Waals surface area contributed by atoms with E-state index >= 15 is 0 Å². The van der Waals surface area contributed by atoms with Crippen LogP contribution in [0.25, 0.3) is 0 Å². The Hall–Kier alpha value is -3.18. The fourth-order valence-corrected chi connectivity index (χ4v) is 4.32. The Kier molecular flexibility index (Phi) is 8.68. The number of likely N-dealkylation sites (tertiary alicyclic amines) is 1. The van der Waals surface area contributed by atoms with E-state index in [1.54, 1.807) is 6.92 Å². The summed E-state index contributed by atoms with van der Waals surface area (Å²) in [7, 11) is 0. The van der Waals surface area contributed by atoms with Crippen LogP contribution in [-0.2, 0) is 28.7 Å². The third-order valence-corrected chi connectivity index (χ3v) is 6.03. The number of ether oxygens (including phenoxy) is 2. The number of hydrogen-bond donors (Lipinski definition) is 3. The number of halogens is 1. The summed E-state index contributed by atoms with van der Waals surface area (Å²) in [5, 5.41) is 8.13. The van der Waals surface area contributed by atoms with Gasteiger partial charge in [-0.2, -0.15) is 0 Å². The van der Waals surface area contributed by atoms with Crippen molar-refractivity contribution in [1.29, 1.82) is 0 Å². The van der Waals surface area contributed by atoms with Gasteiger partial charge in [-0.15, -0.1) is 0 Å². The van der Waals surface area contributed by atoms with Crippen molar-refractivity contribution in [3.05, 3.63) is 28.8 Å². The summed E-state index contributed by atoms with van der Waals surface area (Å²) < 4.78 is 10.4. The highest BCUT2D eigenvalue weighted by Crippen LogP contribution is 2.24. The molecule has 2 aliphatic heterocycles. The van der Waals surface area contributed by atoms with Gasteiger partial charge >= 0.3 is 5.97 Å². The van der Waals surface area contributed by atoms with Crippen LogP contribution in [0.5, 0.6) is 0 Å². The first-order valence-corrected chi connectivity index (χ1v) is 11.8. The van der Waals surface area contributed by atoms with Gasteiger partial charge in [0.25, 0.3) is 5.91 Å². The monoisotopic (exact) mass is 508 g/mol. The molecule has 4 atom stereocenters. The molecule has 0 aromatic heterocycles. The van der Waals surface area contributed by atoms with Gasteiger partial charge in [0.2, 0.25) is 24.0 Å². The molecule has 0 spiro atoms. The number of carbonyl (C=O) groups is 5. The number of rotatable bonds is 8. The number of anilines is 1. The van der Waals surface area contributed by atoms with Gasteiger partial charge in [0.1, 0.15) is 18.1 Å². The average Bonchev–Trinajstić information content (AvgIpc) is 3.41. The van der Waals surface area contributed by atoms with Gasteiger partial charge in [0.15, 0.2) is 0 Å². The van der Waals surface area contributed by atoms with Crippen LogP contribution >= 0.6 is 11.6 Å². The molecule has 1 aromatic carbocycles. The summed E-state index contributed by atoms with van der Waals surface area (Å²) >= 11 is 6.13. The predicted molar refractivity (Wildman–Crippen MR) is 125 cm³/mol. The molecule has 2 saturated heterocycles. The van der Waals surface area contributed by atoms with Crippen LogP contribution < -0.4 is 16.0 Å². The maximum absolute atomic E-state index is 13.1. The zero-order valence-corrected chi connectivity index (χ0v) is 20.5. The number of nitrogens with one attached hydrogen (secondary N) is 3. The van der Waals surface area contributed by atoms with Crippen molar-refractivity contribution in [1.82, 2.24) is 15.5 Å². The first kappa shape index (κ1) is 26.4. The molecule has 11 nitrogen and oxygen atoms in total. The highest BCUT2D eigenvalue weighted by atomic mass is 35.5. The molecule has 4 amide bonds. The van der Waals surface area contributed by atoms with Gasteiger partial charge in [-0.1, -0.05) is 11.6 Å². The van der Waals surface area contributed by atoms with Gasteiger partial charge in [-0.3, -0.25) is 24.0 Å². The molecule has 1 aromatic rings. The number of amides is 4. The SMILES string of the molecule is CCOC1OC(=O)CC1NC(=O)C1CCCN1C(=O)C(C)NC(=O)c1ccc(NC(C)=O)c(Cl)c1. The Balaban J connectivity index is 1.61. The van der Waals surface area contributed by atoms with Crippen molar-refractivity contribution >= 4 is 46.9 Å². The quantitative estimate of drug-likeness (QED) is 0.448. The predicted octanol–water partition coefficient (Wildman–Crippen LogP) is 1.20. The van der Waals surface area contributed by atoms with E-state index in [1.165, 1.54) is 36.9 Å². The number of cyclic esters (lactones) is 1. The summed E-state index contributed by atoms with van der Waals surface area (Å²) in [6.45, 7) is 5.31. The van der Waals surface area contributed by atoms with Crippen molar-refractivity contribution in [3.8, 4) is 0 Å². The van der Waals surface area contributed by atoms with Crippen molar-refractivity contribution in [3.63, 3.8) is 0 Å². The first-order chi connectivity index (χ1) is 16.6. The van der Waals surface area contributed by atoms with Crippen LogP contribution in [0.2, 0.25) is 5.02 Å². The van der Waals surface area contributed by atoms with E-state index in [0.717, 1.165) is 0 Å². The van der Waals surface area contributed by atoms with E-state index < -0.39 is 48.1 Å². The van der Waals surface area contributed by atoms with Crippen LogP contribution in [0.4, 0.5) is 5.69 Å². The summed E-state index contributed by atoms with van der Waals surface area (Å²) in [5.74, 6) is -2.09. The zero-order valence-electron chi connectivity index (χ0n) is 19.8. The maximum atomic E-state index is 13.1. The topological polar surface area (TPSA) is 143 Å².